The second-order valence-electron chi connectivity index (χ2n) is 6.87. The van der Waals surface area contributed by atoms with Crippen molar-refractivity contribution in [2.75, 3.05) is 6.61 Å². The summed E-state index contributed by atoms with van der Waals surface area (Å²) in [6.07, 6.45) is 14.4. The van der Waals surface area contributed by atoms with Crippen molar-refractivity contribution < 1.29 is 4.74 Å². The monoisotopic (exact) mass is 275 g/mol. The van der Waals surface area contributed by atoms with Crippen LogP contribution in [0.2, 0.25) is 0 Å². The van der Waals surface area contributed by atoms with Gasteiger partial charge in [0.1, 0.15) is 0 Å². The number of nitrogens with zero attached hydrogens (tertiary/aromatic N) is 2. The molecule has 4 nitrogen and oxygen atoms in total. The van der Waals surface area contributed by atoms with E-state index in [1.54, 1.807) is 0 Å². The van der Waals surface area contributed by atoms with Gasteiger partial charge < -0.3 is 10.1 Å². The standard InChI is InChI=1S/C16H25N3O/c1-2-7-16(6-1)9-15(5-8-20-16)19-12-13(11-18-19)10-17-14-3-4-14/h11-12,14-15,17H,1-10H2. The Morgan fingerprint density at radius 1 is 1.30 bits per heavy atom. The third kappa shape index (κ3) is 2.63. The fourth-order valence-corrected chi connectivity index (χ4v) is 3.81. The highest BCUT2D eigenvalue weighted by molar-refractivity contribution is 5.06. The molecule has 0 aromatic carbocycles. The molecule has 4 rings (SSSR count). The van der Waals surface area contributed by atoms with Crippen LogP contribution < -0.4 is 5.32 Å². The Balaban J connectivity index is 1.40. The molecule has 1 spiro atoms. The average molecular weight is 275 g/mol. The minimum Gasteiger partial charge on any atom is -0.375 e. The largest absolute Gasteiger partial charge is 0.375 e. The summed E-state index contributed by atoms with van der Waals surface area (Å²) < 4.78 is 8.32. The molecule has 3 fully saturated rings. The predicted molar refractivity (Wildman–Crippen MR) is 77.5 cm³/mol. The molecule has 110 valence electrons. The van der Waals surface area contributed by atoms with E-state index in [0.717, 1.165) is 32.0 Å². The summed E-state index contributed by atoms with van der Waals surface area (Å²) in [5.74, 6) is 0. The van der Waals surface area contributed by atoms with Gasteiger partial charge in [-0.05, 0) is 38.5 Å². The molecule has 1 saturated heterocycles. The van der Waals surface area contributed by atoms with E-state index in [2.05, 4.69) is 21.3 Å². The molecule has 1 unspecified atom stereocenters. The van der Waals surface area contributed by atoms with E-state index >= 15 is 0 Å². The Kier molecular flexibility index (Phi) is 3.31. The number of hydrogen-bond acceptors (Lipinski definition) is 3. The molecule has 2 heterocycles. The normalized spacial score (nSPS) is 29.1. The van der Waals surface area contributed by atoms with Crippen LogP contribution in [0.15, 0.2) is 12.4 Å². The van der Waals surface area contributed by atoms with Gasteiger partial charge in [0.15, 0.2) is 0 Å². The molecule has 1 N–H and O–H groups in total. The third-order valence-electron chi connectivity index (χ3n) is 5.18. The summed E-state index contributed by atoms with van der Waals surface area (Å²) in [5, 5.41) is 8.17. The first-order valence-electron chi connectivity index (χ1n) is 8.23. The SMILES string of the molecule is c1nn(C2CCOC3(CCCC3)C2)cc1CNC1CC1. The lowest BCUT2D eigenvalue weighted by molar-refractivity contribution is -0.0910. The van der Waals surface area contributed by atoms with Crippen LogP contribution in [0.5, 0.6) is 0 Å². The topological polar surface area (TPSA) is 39.1 Å². The first kappa shape index (κ1) is 12.8. The van der Waals surface area contributed by atoms with Gasteiger partial charge in [-0.1, -0.05) is 12.8 Å². The highest BCUT2D eigenvalue weighted by atomic mass is 16.5. The van der Waals surface area contributed by atoms with E-state index in [1.807, 2.05) is 6.20 Å². The van der Waals surface area contributed by atoms with Crippen LogP contribution in [0.25, 0.3) is 0 Å². The lowest BCUT2D eigenvalue weighted by atomic mass is 9.89. The molecule has 3 aliphatic rings. The summed E-state index contributed by atoms with van der Waals surface area (Å²) in [6, 6.07) is 1.31. The van der Waals surface area contributed by atoms with Gasteiger partial charge in [0, 0.05) is 31.0 Å². The Labute approximate surface area is 120 Å². The first-order chi connectivity index (χ1) is 9.83. The molecule has 0 bridgehead atoms. The fourth-order valence-electron chi connectivity index (χ4n) is 3.81. The molecule has 0 radical (unpaired) electrons. The quantitative estimate of drug-likeness (QED) is 0.918. The van der Waals surface area contributed by atoms with Crippen molar-refractivity contribution in [3.8, 4) is 0 Å². The van der Waals surface area contributed by atoms with Gasteiger partial charge >= 0.3 is 0 Å². The van der Waals surface area contributed by atoms with Gasteiger partial charge in [-0.3, -0.25) is 4.68 Å². The summed E-state index contributed by atoms with van der Waals surface area (Å²) in [5.41, 5.74) is 1.50. The van der Waals surface area contributed by atoms with Crippen molar-refractivity contribution >= 4 is 0 Å². The fraction of sp³-hybridized carbons (Fsp3) is 0.812. The van der Waals surface area contributed by atoms with Crippen LogP contribution in [0.3, 0.4) is 0 Å². The number of hydrogen-bond donors (Lipinski definition) is 1. The number of aromatic nitrogens is 2. The van der Waals surface area contributed by atoms with Gasteiger partial charge in [0.05, 0.1) is 17.8 Å². The molecule has 1 aromatic heterocycles. The van der Waals surface area contributed by atoms with E-state index in [-0.39, 0.29) is 5.60 Å². The molecule has 1 aliphatic heterocycles. The van der Waals surface area contributed by atoms with Crippen LogP contribution in [0.4, 0.5) is 0 Å². The Bertz CT molecular complexity index is 460. The predicted octanol–water partition coefficient (Wildman–Crippen LogP) is 2.80. The van der Waals surface area contributed by atoms with Gasteiger partial charge in [0.2, 0.25) is 0 Å². The zero-order valence-electron chi connectivity index (χ0n) is 12.2. The molecule has 2 aliphatic carbocycles. The summed E-state index contributed by atoms with van der Waals surface area (Å²) >= 11 is 0. The second-order valence-corrected chi connectivity index (χ2v) is 6.87. The Morgan fingerprint density at radius 2 is 2.15 bits per heavy atom. The summed E-state index contributed by atoms with van der Waals surface area (Å²) in [4.78, 5) is 0. The molecule has 4 heteroatoms. The van der Waals surface area contributed by atoms with Crippen LogP contribution in [0.1, 0.15) is 63.0 Å². The number of nitrogens with one attached hydrogen (secondary N) is 1. The average Bonchev–Trinajstić information content (AvgIpc) is 3.00. The van der Waals surface area contributed by atoms with E-state index in [4.69, 9.17) is 4.74 Å². The Morgan fingerprint density at radius 3 is 2.95 bits per heavy atom. The van der Waals surface area contributed by atoms with Crippen molar-refractivity contribution in [1.82, 2.24) is 15.1 Å². The van der Waals surface area contributed by atoms with Crippen molar-refractivity contribution in [1.29, 1.82) is 0 Å². The van der Waals surface area contributed by atoms with Crippen molar-refractivity contribution in [2.45, 2.75) is 75.6 Å². The van der Waals surface area contributed by atoms with Crippen molar-refractivity contribution in [3.05, 3.63) is 18.0 Å². The van der Waals surface area contributed by atoms with Gasteiger partial charge in [0.25, 0.3) is 0 Å². The lowest BCUT2D eigenvalue weighted by Crippen LogP contribution is -2.38. The number of rotatable bonds is 4. The highest BCUT2D eigenvalue weighted by Crippen LogP contribution is 2.43. The summed E-state index contributed by atoms with van der Waals surface area (Å²) in [7, 11) is 0. The first-order valence-corrected chi connectivity index (χ1v) is 8.23. The van der Waals surface area contributed by atoms with Crippen LogP contribution in [0, 0.1) is 0 Å². The third-order valence-corrected chi connectivity index (χ3v) is 5.18. The minimum atomic E-state index is 0.182. The molecular formula is C16H25N3O. The number of ether oxygens (including phenoxy) is 1. The van der Waals surface area contributed by atoms with Crippen LogP contribution in [-0.2, 0) is 11.3 Å². The molecule has 1 atom stereocenters. The molecule has 0 amide bonds. The zero-order valence-corrected chi connectivity index (χ0v) is 12.2. The van der Waals surface area contributed by atoms with Gasteiger partial charge in [-0.2, -0.15) is 5.10 Å². The van der Waals surface area contributed by atoms with E-state index in [0.29, 0.717) is 6.04 Å². The van der Waals surface area contributed by atoms with Gasteiger partial charge in [-0.15, -0.1) is 0 Å². The van der Waals surface area contributed by atoms with Crippen molar-refractivity contribution in [2.24, 2.45) is 0 Å². The van der Waals surface area contributed by atoms with E-state index < -0.39 is 0 Å². The van der Waals surface area contributed by atoms with E-state index in [9.17, 15) is 0 Å². The summed E-state index contributed by atoms with van der Waals surface area (Å²) in [6.45, 7) is 1.87. The smallest absolute Gasteiger partial charge is 0.0703 e. The molecule has 2 saturated carbocycles. The molecule has 1 aromatic rings. The second kappa shape index (κ2) is 5.15. The van der Waals surface area contributed by atoms with Crippen LogP contribution in [-0.4, -0.2) is 28.0 Å². The Hall–Kier alpha value is -0.870. The zero-order chi connectivity index (χ0) is 13.4. The minimum absolute atomic E-state index is 0.182. The van der Waals surface area contributed by atoms with Crippen LogP contribution >= 0.6 is 0 Å². The maximum Gasteiger partial charge on any atom is 0.0703 e. The molecular weight excluding hydrogens is 250 g/mol. The highest BCUT2D eigenvalue weighted by Gasteiger charge is 2.40. The maximum absolute atomic E-state index is 6.12. The molecule has 20 heavy (non-hydrogen) atoms. The lowest BCUT2D eigenvalue weighted by Gasteiger charge is -2.38. The van der Waals surface area contributed by atoms with E-state index in [1.165, 1.54) is 44.1 Å². The van der Waals surface area contributed by atoms with Crippen molar-refractivity contribution in [3.63, 3.8) is 0 Å². The van der Waals surface area contributed by atoms with Gasteiger partial charge in [-0.25, -0.2) is 0 Å². The maximum atomic E-state index is 6.12.